The number of likely N-dealkylation sites (tertiary alicyclic amines) is 1. The number of carbonyl (C=O) groups excluding carboxylic acids is 2. The molecule has 2 amide bonds. The van der Waals surface area contributed by atoms with Gasteiger partial charge in [-0.05, 0) is 50.3 Å². The summed E-state index contributed by atoms with van der Waals surface area (Å²) in [7, 11) is 0. The predicted octanol–water partition coefficient (Wildman–Crippen LogP) is 3.24. The van der Waals surface area contributed by atoms with Crippen LogP contribution in [0.5, 0.6) is 0 Å². The number of anilines is 1. The SMILES string of the molecule is Cc1ccc(NC(=O)C2CCN(C(=O)C3CC3)CC2)c(Cl)c1. The van der Waals surface area contributed by atoms with E-state index in [0.717, 1.165) is 31.2 Å². The normalized spacial score (nSPS) is 19.1. The van der Waals surface area contributed by atoms with Gasteiger partial charge in [-0.3, -0.25) is 9.59 Å². The minimum Gasteiger partial charge on any atom is -0.342 e. The van der Waals surface area contributed by atoms with Gasteiger partial charge in [-0.2, -0.15) is 0 Å². The first-order chi connectivity index (χ1) is 10.5. The first kappa shape index (κ1) is 15.3. The molecule has 0 radical (unpaired) electrons. The van der Waals surface area contributed by atoms with E-state index in [1.54, 1.807) is 0 Å². The second-order valence-corrected chi connectivity index (χ2v) is 6.75. The van der Waals surface area contributed by atoms with Crippen molar-refractivity contribution in [2.45, 2.75) is 32.6 Å². The van der Waals surface area contributed by atoms with Crippen LogP contribution in [0, 0.1) is 18.8 Å². The Morgan fingerprint density at radius 2 is 1.82 bits per heavy atom. The minimum atomic E-state index is -0.0411. The van der Waals surface area contributed by atoms with Crippen molar-refractivity contribution < 1.29 is 9.59 Å². The van der Waals surface area contributed by atoms with Gasteiger partial charge in [0.2, 0.25) is 11.8 Å². The summed E-state index contributed by atoms with van der Waals surface area (Å²) in [5.74, 6) is 0.502. The van der Waals surface area contributed by atoms with Crippen LogP contribution in [0.1, 0.15) is 31.2 Å². The van der Waals surface area contributed by atoms with Crippen molar-refractivity contribution in [3.63, 3.8) is 0 Å². The fourth-order valence-electron chi connectivity index (χ4n) is 2.91. The topological polar surface area (TPSA) is 49.4 Å². The third kappa shape index (κ3) is 3.43. The predicted molar refractivity (Wildman–Crippen MR) is 86.8 cm³/mol. The van der Waals surface area contributed by atoms with E-state index in [1.165, 1.54) is 0 Å². The van der Waals surface area contributed by atoms with Gasteiger partial charge in [-0.25, -0.2) is 0 Å². The van der Waals surface area contributed by atoms with Crippen LogP contribution in [0.3, 0.4) is 0 Å². The Morgan fingerprint density at radius 3 is 2.41 bits per heavy atom. The highest BCUT2D eigenvalue weighted by molar-refractivity contribution is 6.33. The Balaban J connectivity index is 1.54. The summed E-state index contributed by atoms with van der Waals surface area (Å²) in [6.07, 6.45) is 3.53. The highest BCUT2D eigenvalue weighted by atomic mass is 35.5. The van der Waals surface area contributed by atoms with Gasteiger partial charge in [0.05, 0.1) is 10.7 Å². The molecule has 3 rings (SSSR count). The van der Waals surface area contributed by atoms with E-state index in [4.69, 9.17) is 11.6 Å². The molecule has 1 heterocycles. The molecule has 0 bridgehead atoms. The van der Waals surface area contributed by atoms with Gasteiger partial charge in [0, 0.05) is 24.9 Å². The summed E-state index contributed by atoms with van der Waals surface area (Å²) < 4.78 is 0. The summed E-state index contributed by atoms with van der Waals surface area (Å²) in [4.78, 5) is 26.3. The molecule has 118 valence electrons. The molecule has 2 fully saturated rings. The van der Waals surface area contributed by atoms with Gasteiger partial charge in [-0.1, -0.05) is 17.7 Å². The summed E-state index contributed by atoms with van der Waals surface area (Å²) in [5, 5.41) is 3.48. The Morgan fingerprint density at radius 1 is 1.14 bits per heavy atom. The maximum atomic E-state index is 12.4. The van der Waals surface area contributed by atoms with Gasteiger partial charge >= 0.3 is 0 Å². The van der Waals surface area contributed by atoms with Gasteiger partial charge in [0.15, 0.2) is 0 Å². The maximum absolute atomic E-state index is 12.4. The zero-order chi connectivity index (χ0) is 15.7. The lowest BCUT2D eigenvalue weighted by atomic mass is 9.95. The molecule has 1 N–H and O–H groups in total. The quantitative estimate of drug-likeness (QED) is 0.929. The largest absolute Gasteiger partial charge is 0.342 e. The maximum Gasteiger partial charge on any atom is 0.227 e. The molecule has 0 spiro atoms. The second kappa shape index (κ2) is 6.29. The number of rotatable bonds is 3. The molecular weight excluding hydrogens is 300 g/mol. The molecule has 1 aliphatic heterocycles. The monoisotopic (exact) mass is 320 g/mol. The molecule has 1 saturated carbocycles. The Bertz CT molecular complexity index is 590. The molecule has 0 aromatic heterocycles. The average Bonchev–Trinajstić information content (AvgIpc) is 3.34. The molecule has 1 saturated heterocycles. The molecule has 0 atom stereocenters. The Kier molecular flexibility index (Phi) is 4.39. The first-order valence-electron chi connectivity index (χ1n) is 7.90. The fraction of sp³-hybridized carbons (Fsp3) is 0.529. The molecule has 4 nitrogen and oxygen atoms in total. The van der Waals surface area contributed by atoms with Crippen molar-refractivity contribution >= 4 is 29.1 Å². The highest BCUT2D eigenvalue weighted by Gasteiger charge is 2.35. The average molecular weight is 321 g/mol. The third-order valence-electron chi connectivity index (χ3n) is 4.49. The minimum absolute atomic E-state index is 0.00396. The van der Waals surface area contributed by atoms with Gasteiger partial charge < -0.3 is 10.2 Å². The van der Waals surface area contributed by atoms with Crippen LogP contribution in [0.25, 0.3) is 0 Å². The van der Waals surface area contributed by atoms with Crippen LogP contribution >= 0.6 is 11.6 Å². The number of piperidine rings is 1. The molecular formula is C17H21ClN2O2. The van der Waals surface area contributed by atoms with Crippen LogP contribution in [0.2, 0.25) is 5.02 Å². The van der Waals surface area contributed by atoms with Gasteiger partial charge in [0.1, 0.15) is 0 Å². The van der Waals surface area contributed by atoms with Crippen molar-refractivity contribution in [1.29, 1.82) is 0 Å². The summed E-state index contributed by atoms with van der Waals surface area (Å²) >= 11 is 6.15. The standard InChI is InChI=1S/C17H21ClN2O2/c1-11-2-5-15(14(18)10-11)19-16(21)12-6-8-20(9-7-12)17(22)13-3-4-13/h2,5,10,12-13H,3-4,6-9H2,1H3,(H,19,21). The molecule has 1 aliphatic carbocycles. The van der Waals surface area contributed by atoms with E-state index < -0.39 is 0 Å². The van der Waals surface area contributed by atoms with Gasteiger partial charge in [-0.15, -0.1) is 0 Å². The molecule has 0 unspecified atom stereocenters. The molecule has 1 aromatic carbocycles. The number of benzene rings is 1. The number of nitrogens with one attached hydrogen (secondary N) is 1. The van der Waals surface area contributed by atoms with Crippen LogP contribution in [0.15, 0.2) is 18.2 Å². The van der Waals surface area contributed by atoms with E-state index in [2.05, 4.69) is 5.32 Å². The second-order valence-electron chi connectivity index (χ2n) is 6.35. The van der Waals surface area contributed by atoms with Crippen LogP contribution < -0.4 is 5.32 Å². The van der Waals surface area contributed by atoms with E-state index in [1.807, 2.05) is 30.0 Å². The number of hydrogen-bond donors (Lipinski definition) is 1. The summed E-state index contributed by atoms with van der Waals surface area (Å²) in [6.45, 7) is 3.34. The number of hydrogen-bond acceptors (Lipinski definition) is 2. The van der Waals surface area contributed by atoms with Crippen LogP contribution in [0.4, 0.5) is 5.69 Å². The summed E-state index contributed by atoms with van der Waals surface area (Å²) in [6, 6.07) is 5.60. The van der Waals surface area contributed by atoms with E-state index in [0.29, 0.717) is 23.8 Å². The smallest absolute Gasteiger partial charge is 0.227 e. The van der Waals surface area contributed by atoms with Crippen molar-refractivity contribution in [2.75, 3.05) is 18.4 Å². The molecule has 1 aromatic rings. The highest BCUT2D eigenvalue weighted by Crippen LogP contribution is 2.32. The van der Waals surface area contributed by atoms with E-state index >= 15 is 0 Å². The number of amides is 2. The van der Waals surface area contributed by atoms with Crippen molar-refractivity contribution in [1.82, 2.24) is 4.90 Å². The fourth-order valence-corrected chi connectivity index (χ4v) is 3.19. The van der Waals surface area contributed by atoms with Crippen LogP contribution in [-0.2, 0) is 9.59 Å². The Hall–Kier alpha value is -1.55. The van der Waals surface area contributed by atoms with Crippen LogP contribution in [-0.4, -0.2) is 29.8 Å². The van der Waals surface area contributed by atoms with Crippen molar-refractivity contribution in [3.8, 4) is 0 Å². The molecule has 2 aliphatic rings. The van der Waals surface area contributed by atoms with E-state index in [9.17, 15) is 9.59 Å². The van der Waals surface area contributed by atoms with Crippen molar-refractivity contribution in [3.05, 3.63) is 28.8 Å². The number of aryl methyl sites for hydroxylation is 1. The zero-order valence-corrected chi connectivity index (χ0v) is 13.5. The number of carbonyl (C=O) groups is 2. The lowest BCUT2D eigenvalue weighted by Crippen LogP contribution is -2.42. The molecule has 22 heavy (non-hydrogen) atoms. The first-order valence-corrected chi connectivity index (χ1v) is 8.28. The lowest BCUT2D eigenvalue weighted by molar-refractivity contribution is -0.135. The number of halogens is 1. The zero-order valence-electron chi connectivity index (χ0n) is 12.8. The molecule has 5 heteroatoms. The summed E-state index contributed by atoms with van der Waals surface area (Å²) in [5.41, 5.74) is 1.73. The lowest BCUT2D eigenvalue weighted by Gasteiger charge is -2.31. The number of nitrogens with zero attached hydrogens (tertiary/aromatic N) is 1. The van der Waals surface area contributed by atoms with Gasteiger partial charge in [0.25, 0.3) is 0 Å². The Labute approximate surface area is 135 Å². The van der Waals surface area contributed by atoms with E-state index in [-0.39, 0.29) is 23.7 Å². The third-order valence-corrected chi connectivity index (χ3v) is 4.80. The van der Waals surface area contributed by atoms with Crippen molar-refractivity contribution in [2.24, 2.45) is 11.8 Å².